The molecule has 0 saturated carbocycles. The van der Waals surface area contributed by atoms with Gasteiger partial charge in [-0.15, -0.1) is 0 Å². The Bertz CT molecular complexity index is 1030. The van der Waals surface area contributed by atoms with Gasteiger partial charge in [-0.3, -0.25) is 0 Å². The van der Waals surface area contributed by atoms with Crippen LogP contribution in [-0.4, -0.2) is 15.0 Å². The quantitative estimate of drug-likeness (QED) is 0.552. The van der Waals surface area contributed by atoms with Crippen molar-refractivity contribution in [2.75, 3.05) is 5.32 Å². The van der Waals surface area contributed by atoms with Crippen molar-refractivity contribution in [2.45, 2.75) is 19.9 Å². The van der Waals surface area contributed by atoms with E-state index in [2.05, 4.69) is 26.3 Å². The van der Waals surface area contributed by atoms with Crippen LogP contribution in [0.5, 0.6) is 0 Å². The van der Waals surface area contributed by atoms with E-state index in [1.807, 2.05) is 44.3 Å². The minimum atomic E-state index is -0.255. The fourth-order valence-electron chi connectivity index (χ4n) is 3.25. The van der Waals surface area contributed by atoms with Gasteiger partial charge in [-0.1, -0.05) is 30.3 Å². The summed E-state index contributed by atoms with van der Waals surface area (Å²) in [6, 6.07) is 16.4. The molecule has 5 heteroatoms. The van der Waals surface area contributed by atoms with E-state index in [9.17, 15) is 4.39 Å². The molecule has 0 radical (unpaired) electrons. The normalized spacial score (nSPS) is 12.3. The number of anilines is 1. The monoisotopic (exact) mass is 346 g/mol. The number of rotatable bonds is 4. The van der Waals surface area contributed by atoms with E-state index in [-0.39, 0.29) is 11.9 Å². The highest BCUT2D eigenvalue weighted by Gasteiger charge is 2.19. The van der Waals surface area contributed by atoms with Crippen molar-refractivity contribution in [1.82, 2.24) is 15.0 Å². The Kier molecular flexibility index (Phi) is 4.13. The van der Waals surface area contributed by atoms with Gasteiger partial charge in [0.05, 0.1) is 6.04 Å². The zero-order valence-electron chi connectivity index (χ0n) is 14.6. The molecule has 2 heterocycles. The summed E-state index contributed by atoms with van der Waals surface area (Å²) in [5.74, 6) is 0.302. The first-order chi connectivity index (χ1) is 12.6. The molecule has 1 unspecified atom stereocenters. The third-order valence-corrected chi connectivity index (χ3v) is 4.39. The van der Waals surface area contributed by atoms with Gasteiger partial charge >= 0.3 is 0 Å². The van der Waals surface area contributed by atoms with Crippen molar-refractivity contribution in [3.8, 4) is 0 Å². The number of aryl methyl sites for hydroxylation is 2. The van der Waals surface area contributed by atoms with Gasteiger partial charge in [0.15, 0.2) is 0 Å². The van der Waals surface area contributed by atoms with Gasteiger partial charge in [0.1, 0.15) is 5.82 Å². The number of para-hydroxylation sites is 1. The van der Waals surface area contributed by atoms with Crippen molar-refractivity contribution in [3.05, 3.63) is 89.1 Å². The summed E-state index contributed by atoms with van der Waals surface area (Å²) in [5.41, 5.74) is 4.86. The second kappa shape index (κ2) is 6.59. The van der Waals surface area contributed by atoms with Crippen LogP contribution in [0.1, 0.15) is 28.6 Å². The lowest BCUT2D eigenvalue weighted by molar-refractivity contribution is 0.626. The fourth-order valence-corrected chi connectivity index (χ4v) is 3.25. The average Bonchev–Trinajstić information content (AvgIpc) is 3.04. The van der Waals surface area contributed by atoms with Crippen molar-refractivity contribution in [3.63, 3.8) is 0 Å². The molecule has 26 heavy (non-hydrogen) atoms. The Balaban J connectivity index is 1.82. The number of H-pyrrole nitrogens is 1. The smallest absolute Gasteiger partial charge is 0.223 e. The lowest BCUT2D eigenvalue weighted by Crippen LogP contribution is -2.15. The van der Waals surface area contributed by atoms with Crippen LogP contribution in [0.2, 0.25) is 0 Å². The highest BCUT2D eigenvalue weighted by atomic mass is 19.1. The molecule has 0 amide bonds. The Hall–Kier alpha value is -3.21. The topological polar surface area (TPSA) is 53.6 Å². The standard InChI is InChI=1S/C21H19FN4/c1-13-11-14(2)25-21(24-13)26-20(15-7-9-16(22)10-8-15)18-12-23-19-6-4-3-5-17(18)19/h3-12,20,23H,1-2H3,(H,24,25,26). The summed E-state index contributed by atoms with van der Waals surface area (Å²) in [4.78, 5) is 12.3. The third-order valence-electron chi connectivity index (χ3n) is 4.39. The maximum absolute atomic E-state index is 13.4. The van der Waals surface area contributed by atoms with Crippen LogP contribution in [0.15, 0.2) is 60.8 Å². The third kappa shape index (κ3) is 3.16. The first-order valence-electron chi connectivity index (χ1n) is 8.50. The van der Waals surface area contributed by atoms with Gasteiger partial charge in [0.2, 0.25) is 5.95 Å². The first-order valence-corrected chi connectivity index (χ1v) is 8.50. The van der Waals surface area contributed by atoms with Crippen LogP contribution < -0.4 is 5.32 Å². The Morgan fingerprint density at radius 2 is 1.65 bits per heavy atom. The largest absolute Gasteiger partial charge is 0.361 e. The van der Waals surface area contributed by atoms with Crippen molar-refractivity contribution < 1.29 is 4.39 Å². The minimum absolute atomic E-state index is 0.201. The maximum atomic E-state index is 13.4. The molecule has 130 valence electrons. The molecule has 2 aromatic heterocycles. The van der Waals surface area contributed by atoms with E-state index < -0.39 is 0 Å². The molecule has 4 nitrogen and oxygen atoms in total. The summed E-state index contributed by atoms with van der Waals surface area (Å²) in [7, 11) is 0. The molecular formula is C21H19FN4. The van der Waals surface area contributed by atoms with Crippen LogP contribution in [0.4, 0.5) is 10.3 Å². The molecule has 1 atom stereocenters. The fraction of sp³-hybridized carbons (Fsp3) is 0.143. The van der Waals surface area contributed by atoms with Gasteiger partial charge < -0.3 is 10.3 Å². The number of hydrogen-bond acceptors (Lipinski definition) is 3. The number of nitrogens with zero attached hydrogens (tertiary/aromatic N) is 2. The van der Waals surface area contributed by atoms with Crippen LogP contribution >= 0.6 is 0 Å². The molecular weight excluding hydrogens is 327 g/mol. The highest BCUT2D eigenvalue weighted by Crippen LogP contribution is 2.31. The molecule has 0 fully saturated rings. The van der Waals surface area contributed by atoms with Crippen LogP contribution in [0.25, 0.3) is 10.9 Å². The summed E-state index contributed by atoms with van der Waals surface area (Å²) in [6.07, 6.45) is 1.98. The van der Waals surface area contributed by atoms with Crippen LogP contribution in [0, 0.1) is 19.7 Å². The van der Waals surface area contributed by atoms with Crippen molar-refractivity contribution in [1.29, 1.82) is 0 Å². The first kappa shape index (κ1) is 16.3. The average molecular weight is 346 g/mol. The van der Waals surface area contributed by atoms with Gasteiger partial charge in [0, 0.05) is 34.1 Å². The lowest BCUT2D eigenvalue weighted by Gasteiger charge is -2.19. The zero-order chi connectivity index (χ0) is 18.1. The molecule has 0 aliphatic carbocycles. The number of aromatic amines is 1. The van der Waals surface area contributed by atoms with E-state index in [4.69, 9.17) is 0 Å². The second-order valence-corrected chi connectivity index (χ2v) is 6.39. The molecule has 2 N–H and O–H groups in total. The van der Waals surface area contributed by atoms with Gasteiger partial charge in [0.25, 0.3) is 0 Å². The Labute approximate surface area is 151 Å². The van der Waals surface area contributed by atoms with E-state index in [0.29, 0.717) is 5.95 Å². The predicted molar refractivity (Wildman–Crippen MR) is 102 cm³/mol. The van der Waals surface area contributed by atoms with E-state index in [1.165, 1.54) is 12.1 Å². The van der Waals surface area contributed by atoms with Crippen LogP contribution in [0.3, 0.4) is 0 Å². The number of fused-ring (bicyclic) bond motifs is 1. The molecule has 0 saturated heterocycles. The van der Waals surface area contributed by atoms with Gasteiger partial charge in [-0.2, -0.15) is 0 Å². The van der Waals surface area contributed by atoms with Gasteiger partial charge in [-0.25, -0.2) is 14.4 Å². The lowest BCUT2D eigenvalue weighted by atomic mass is 9.98. The molecule has 0 aliphatic rings. The van der Waals surface area contributed by atoms with E-state index >= 15 is 0 Å². The maximum Gasteiger partial charge on any atom is 0.223 e. The van der Waals surface area contributed by atoms with E-state index in [0.717, 1.165) is 33.4 Å². The number of halogens is 1. The molecule has 0 spiro atoms. The van der Waals surface area contributed by atoms with Crippen molar-refractivity contribution >= 4 is 16.9 Å². The zero-order valence-corrected chi connectivity index (χ0v) is 14.6. The Morgan fingerprint density at radius 1 is 0.962 bits per heavy atom. The van der Waals surface area contributed by atoms with Crippen molar-refractivity contribution in [2.24, 2.45) is 0 Å². The summed E-state index contributed by atoms with van der Waals surface area (Å²) < 4.78 is 13.4. The summed E-state index contributed by atoms with van der Waals surface area (Å²) >= 11 is 0. The predicted octanol–water partition coefficient (Wildman–Crippen LogP) is 4.92. The van der Waals surface area contributed by atoms with Gasteiger partial charge in [-0.05, 0) is 43.7 Å². The highest BCUT2D eigenvalue weighted by molar-refractivity contribution is 5.84. The molecule has 0 aliphatic heterocycles. The molecule has 2 aromatic carbocycles. The second-order valence-electron chi connectivity index (χ2n) is 6.39. The summed E-state index contributed by atoms with van der Waals surface area (Å²) in [5, 5.41) is 4.54. The number of benzene rings is 2. The Morgan fingerprint density at radius 3 is 2.38 bits per heavy atom. The van der Waals surface area contributed by atoms with Crippen LogP contribution in [-0.2, 0) is 0 Å². The number of nitrogens with one attached hydrogen (secondary N) is 2. The molecule has 4 aromatic rings. The molecule has 4 rings (SSSR count). The van der Waals surface area contributed by atoms with E-state index in [1.54, 1.807) is 12.1 Å². The summed E-state index contributed by atoms with van der Waals surface area (Å²) in [6.45, 7) is 3.89. The number of hydrogen-bond donors (Lipinski definition) is 2. The number of aromatic nitrogens is 3. The molecule has 0 bridgehead atoms. The SMILES string of the molecule is Cc1cc(C)nc(NC(c2ccc(F)cc2)c2c[nH]c3ccccc23)n1. The minimum Gasteiger partial charge on any atom is -0.361 e.